The Morgan fingerprint density at radius 3 is 2.42 bits per heavy atom. The second-order valence-corrected chi connectivity index (χ2v) is 10.6. The van der Waals surface area contributed by atoms with Crippen molar-refractivity contribution >= 4 is 23.1 Å². The molecule has 0 bridgehead atoms. The predicted octanol–water partition coefficient (Wildman–Crippen LogP) is 6.14. The molecule has 8 heteroatoms. The Labute approximate surface area is 233 Å². The molecule has 2 aliphatic rings. The fraction of sp³-hybridized carbons (Fsp3) is 0.312. The van der Waals surface area contributed by atoms with Crippen LogP contribution in [0.4, 0.5) is 5.69 Å². The van der Waals surface area contributed by atoms with E-state index in [9.17, 15) is 14.7 Å². The molecular formula is C32H33NO7. The quantitative estimate of drug-likeness (QED) is 0.217. The highest BCUT2D eigenvalue weighted by atomic mass is 16.7. The van der Waals surface area contributed by atoms with Crippen molar-refractivity contribution in [2.45, 2.75) is 46.1 Å². The minimum Gasteiger partial charge on any atom is -0.507 e. The van der Waals surface area contributed by atoms with Crippen LogP contribution >= 0.6 is 0 Å². The lowest BCUT2D eigenvalue weighted by Gasteiger charge is -2.26. The zero-order chi connectivity index (χ0) is 28.6. The lowest BCUT2D eigenvalue weighted by Crippen LogP contribution is -2.29. The third-order valence-electron chi connectivity index (χ3n) is 6.92. The fourth-order valence-corrected chi connectivity index (χ4v) is 5.09. The van der Waals surface area contributed by atoms with Gasteiger partial charge in [-0.05, 0) is 67.3 Å². The van der Waals surface area contributed by atoms with Gasteiger partial charge in [0.05, 0.1) is 24.8 Å². The largest absolute Gasteiger partial charge is 0.507 e. The molecule has 208 valence electrons. The summed E-state index contributed by atoms with van der Waals surface area (Å²) in [4.78, 5) is 28.7. The maximum absolute atomic E-state index is 13.7. The zero-order valence-corrected chi connectivity index (χ0v) is 23.3. The van der Waals surface area contributed by atoms with Crippen molar-refractivity contribution < 1.29 is 33.6 Å². The Kier molecular flexibility index (Phi) is 7.19. The SMILES string of the molecule is CCOc1cccc(C2/C(=C(\O)c3ccc(OCC)c(C(C)(C)C)c3)C(=O)C(=O)N2c2ccc3c(c2)OCO3)c1. The van der Waals surface area contributed by atoms with Crippen molar-refractivity contribution in [3.63, 3.8) is 0 Å². The van der Waals surface area contributed by atoms with Crippen molar-refractivity contribution in [1.29, 1.82) is 0 Å². The van der Waals surface area contributed by atoms with Crippen LogP contribution in [-0.2, 0) is 15.0 Å². The molecule has 1 atom stereocenters. The number of amides is 1. The molecule has 2 heterocycles. The highest BCUT2D eigenvalue weighted by molar-refractivity contribution is 6.51. The number of carbonyl (C=O) groups excluding carboxylic acids is 2. The second kappa shape index (κ2) is 10.6. The Morgan fingerprint density at radius 2 is 1.70 bits per heavy atom. The van der Waals surface area contributed by atoms with Crippen LogP contribution < -0.4 is 23.8 Å². The number of anilines is 1. The number of nitrogens with zero attached hydrogens (tertiary/aromatic N) is 1. The van der Waals surface area contributed by atoms with Gasteiger partial charge in [-0.25, -0.2) is 0 Å². The molecule has 1 amide bonds. The molecule has 0 aromatic heterocycles. The van der Waals surface area contributed by atoms with E-state index in [1.165, 1.54) is 4.90 Å². The predicted molar refractivity (Wildman–Crippen MR) is 151 cm³/mol. The lowest BCUT2D eigenvalue weighted by atomic mass is 9.84. The van der Waals surface area contributed by atoms with Gasteiger partial charge in [-0.15, -0.1) is 0 Å². The Balaban J connectivity index is 1.71. The maximum atomic E-state index is 13.7. The summed E-state index contributed by atoms with van der Waals surface area (Å²) >= 11 is 0. The third kappa shape index (κ3) is 4.85. The van der Waals surface area contributed by atoms with Gasteiger partial charge in [0.25, 0.3) is 11.7 Å². The topological polar surface area (TPSA) is 94.5 Å². The van der Waals surface area contributed by atoms with E-state index in [-0.39, 0.29) is 23.5 Å². The lowest BCUT2D eigenvalue weighted by molar-refractivity contribution is -0.132. The van der Waals surface area contributed by atoms with E-state index in [4.69, 9.17) is 18.9 Å². The van der Waals surface area contributed by atoms with E-state index in [1.54, 1.807) is 42.5 Å². The number of rotatable bonds is 7. The van der Waals surface area contributed by atoms with Crippen LogP contribution in [0.3, 0.4) is 0 Å². The van der Waals surface area contributed by atoms with Crippen LogP contribution in [0, 0.1) is 0 Å². The molecule has 3 aromatic rings. The molecule has 40 heavy (non-hydrogen) atoms. The van der Waals surface area contributed by atoms with Crippen LogP contribution in [-0.4, -0.2) is 36.8 Å². The normalized spacial score (nSPS) is 17.8. The van der Waals surface area contributed by atoms with Crippen LogP contribution in [0.5, 0.6) is 23.0 Å². The molecule has 1 unspecified atom stereocenters. The zero-order valence-electron chi connectivity index (χ0n) is 23.3. The van der Waals surface area contributed by atoms with Crippen molar-refractivity contribution in [3.8, 4) is 23.0 Å². The van der Waals surface area contributed by atoms with E-state index < -0.39 is 17.7 Å². The first-order valence-electron chi connectivity index (χ1n) is 13.3. The summed E-state index contributed by atoms with van der Waals surface area (Å²) in [6.07, 6.45) is 0. The van der Waals surface area contributed by atoms with Crippen LogP contribution in [0.2, 0.25) is 0 Å². The van der Waals surface area contributed by atoms with Gasteiger partial charge in [-0.3, -0.25) is 14.5 Å². The fourth-order valence-electron chi connectivity index (χ4n) is 5.09. The number of Topliss-reactive ketones (excluding diaryl/α,β-unsaturated/α-hetero) is 1. The summed E-state index contributed by atoms with van der Waals surface area (Å²) in [5.41, 5.74) is 2.04. The summed E-state index contributed by atoms with van der Waals surface area (Å²) < 4.78 is 22.5. The molecule has 0 radical (unpaired) electrons. The van der Waals surface area contributed by atoms with Crippen molar-refractivity contribution in [3.05, 3.63) is 82.9 Å². The van der Waals surface area contributed by atoms with E-state index in [2.05, 4.69) is 0 Å². The van der Waals surface area contributed by atoms with Crippen LogP contribution in [0.1, 0.15) is 57.4 Å². The molecule has 2 aliphatic heterocycles. The summed E-state index contributed by atoms with van der Waals surface area (Å²) in [6, 6.07) is 16.7. The summed E-state index contributed by atoms with van der Waals surface area (Å²) in [7, 11) is 0. The van der Waals surface area contributed by atoms with Gasteiger partial charge in [0.1, 0.15) is 17.3 Å². The Hall–Kier alpha value is -4.46. The molecule has 1 N–H and O–H groups in total. The number of benzene rings is 3. The molecule has 5 rings (SSSR count). The minimum atomic E-state index is -0.912. The van der Waals surface area contributed by atoms with Crippen LogP contribution in [0.25, 0.3) is 5.76 Å². The first kappa shape index (κ1) is 27.1. The Bertz CT molecular complexity index is 1500. The van der Waals surface area contributed by atoms with Gasteiger partial charge in [-0.1, -0.05) is 32.9 Å². The minimum absolute atomic E-state index is 0.0136. The van der Waals surface area contributed by atoms with E-state index >= 15 is 0 Å². The second-order valence-electron chi connectivity index (χ2n) is 10.6. The maximum Gasteiger partial charge on any atom is 0.300 e. The molecule has 1 saturated heterocycles. The first-order valence-corrected chi connectivity index (χ1v) is 13.3. The van der Waals surface area contributed by atoms with Crippen LogP contribution in [0.15, 0.2) is 66.2 Å². The van der Waals surface area contributed by atoms with E-state index in [0.717, 1.165) is 5.56 Å². The summed E-state index contributed by atoms with van der Waals surface area (Å²) in [5.74, 6) is 0.520. The molecule has 0 aliphatic carbocycles. The van der Waals surface area contributed by atoms with Gasteiger partial charge in [0, 0.05) is 22.9 Å². The number of carbonyl (C=O) groups is 2. The smallest absolute Gasteiger partial charge is 0.300 e. The number of ether oxygens (including phenoxy) is 4. The van der Waals surface area contributed by atoms with Gasteiger partial charge >= 0.3 is 0 Å². The van der Waals surface area contributed by atoms with E-state index in [1.807, 2.05) is 52.8 Å². The molecule has 1 fully saturated rings. The number of ketones is 1. The average molecular weight is 544 g/mol. The summed E-state index contributed by atoms with van der Waals surface area (Å²) in [6.45, 7) is 11.0. The van der Waals surface area contributed by atoms with Gasteiger partial charge in [0.15, 0.2) is 11.5 Å². The standard InChI is InChI=1S/C32H33NO7/c1-6-37-22-10-8-9-19(15-22)28-27(29(34)20-11-13-24(38-7-2)23(16-20)32(3,4)5)30(35)31(36)33(28)21-12-14-25-26(17-21)40-18-39-25/h8-17,28,34H,6-7,18H2,1-5H3/b29-27+. The van der Waals surface area contributed by atoms with Crippen molar-refractivity contribution in [1.82, 2.24) is 0 Å². The highest BCUT2D eigenvalue weighted by Gasteiger charge is 2.47. The molecule has 0 spiro atoms. The van der Waals surface area contributed by atoms with Gasteiger partial charge < -0.3 is 24.1 Å². The number of hydrogen-bond donors (Lipinski definition) is 1. The number of fused-ring (bicyclic) bond motifs is 1. The molecular weight excluding hydrogens is 510 g/mol. The highest BCUT2D eigenvalue weighted by Crippen LogP contribution is 2.46. The third-order valence-corrected chi connectivity index (χ3v) is 6.92. The van der Waals surface area contributed by atoms with Crippen molar-refractivity contribution in [2.24, 2.45) is 0 Å². The van der Waals surface area contributed by atoms with Crippen molar-refractivity contribution in [2.75, 3.05) is 24.9 Å². The van der Waals surface area contributed by atoms with Gasteiger partial charge in [0.2, 0.25) is 6.79 Å². The number of hydrogen-bond acceptors (Lipinski definition) is 7. The monoisotopic (exact) mass is 543 g/mol. The number of aliphatic hydroxyl groups excluding tert-OH is 1. The van der Waals surface area contributed by atoms with E-state index in [0.29, 0.717) is 53.0 Å². The Morgan fingerprint density at radius 1 is 0.950 bits per heavy atom. The van der Waals surface area contributed by atoms with Gasteiger partial charge in [-0.2, -0.15) is 0 Å². The molecule has 3 aromatic carbocycles. The first-order chi connectivity index (χ1) is 19.1. The molecule has 0 saturated carbocycles. The average Bonchev–Trinajstić information content (AvgIpc) is 3.50. The number of aliphatic hydroxyl groups is 1. The summed E-state index contributed by atoms with van der Waals surface area (Å²) in [5, 5.41) is 11.7. The molecule has 8 nitrogen and oxygen atoms in total.